The topological polar surface area (TPSA) is 87.9 Å². The Balaban J connectivity index is 1.38. The number of benzene rings is 1. The molecule has 1 aromatic heterocycles. The molecule has 0 spiro atoms. The summed E-state index contributed by atoms with van der Waals surface area (Å²) in [6.45, 7) is 3.62. The first-order chi connectivity index (χ1) is 14.8. The number of hydrogen-bond acceptors (Lipinski definition) is 6. The van der Waals surface area contributed by atoms with E-state index in [-0.39, 0.29) is 30.5 Å². The summed E-state index contributed by atoms with van der Waals surface area (Å²) in [5, 5.41) is 6.69. The van der Waals surface area contributed by atoms with Crippen LogP contribution in [0.5, 0.6) is 5.75 Å². The second-order valence-electron chi connectivity index (χ2n) is 7.44. The summed E-state index contributed by atoms with van der Waals surface area (Å²) in [5.74, 6) is 0.630. The predicted molar refractivity (Wildman–Crippen MR) is 108 cm³/mol. The van der Waals surface area contributed by atoms with Gasteiger partial charge < -0.3 is 19.5 Å². The Kier molecular flexibility index (Phi) is 7.56. The van der Waals surface area contributed by atoms with Crippen LogP contribution in [0.15, 0.2) is 28.8 Å². The van der Waals surface area contributed by atoms with Crippen molar-refractivity contribution in [1.29, 1.82) is 0 Å². The molecule has 1 aliphatic heterocycles. The standard InChI is InChI=1S/C21H26F2N4O4/c1-14-18(15(2)31-25-14)11-20(29)27-9-7-26(8-10-27)13-19(28)24-12-16-3-5-17(6-4-16)30-21(22)23/h3-6,21H,7-13H2,1-2H3,(H,24,28). The van der Waals surface area contributed by atoms with Gasteiger partial charge in [0.25, 0.3) is 0 Å². The Morgan fingerprint density at radius 1 is 1.16 bits per heavy atom. The summed E-state index contributed by atoms with van der Waals surface area (Å²) >= 11 is 0. The van der Waals surface area contributed by atoms with Crippen LogP contribution in [0.3, 0.4) is 0 Å². The molecule has 8 nitrogen and oxygen atoms in total. The number of carbonyl (C=O) groups excluding carboxylic acids is 2. The Bertz CT molecular complexity index is 874. The van der Waals surface area contributed by atoms with Gasteiger partial charge in [-0.05, 0) is 31.5 Å². The van der Waals surface area contributed by atoms with E-state index < -0.39 is 6.61 Å². The number of halogens is 2. The third-order valence-electron chi connectivity index (χ3n) is 5.24. The van der Waals surface area contributed by atoms with Crippen LogP contribution in [0.1, 0.15) is 22.6 Å². The molecule has 3 rings (SSSR count). The van der Waals surface area contributed by atoms with Crippen LogP contribution in [-0.4, -0.2) is 66.1 Å². The monoisotopic (exact) mass is 436 g/mol. The summed E-state index contributed by atoms with van der Waals surface area (Å²) in [7, 11) is 0. The van der Waals surface area contributed by atoms with E-state index in [4.69, 9.17) is 4.52 Å². The number of nitrogens with one attached hydrogen (secondary N) is 1. The first-order valence-electron chi connectivity index (χ1n) is 10.0. The van der Waals surface area contributed by atoms with E-state index in [1.54, 1.807) is 24.0 Å². The minimum atomic E-state index is -2.86. The van der Waals surface area contributed by atoms with Gasteiger partial charge in [-0.15, -0.1) is 0 Å². The van der Waals surface area contributed by atoms with Crippen molar-refractivity contribution in [3.05, 3.63) is 46.8 Å². The van der Waals surface area contributed by atoms with E-state index in [0.29, 0.717) is 38.5 Å². The highest BCUT2D eigenvalue weighted by Crippen LogP contribution is 2.16. The van der Waals surface area contributed by atoms with Gasteiger partial charge in [-0.3, -0.25) is 14.5 Å². The Morgan fingerprint density at radius 3 is 2.42 bits per heavy atom. The molecular weight excluding hydrogens is 410 g/mol. The molecule has 0 radical (unpaired) electrons. The summed E-state index contributed by atoms with van der Waals surface area (Å²) in [4.78, 5) is 28.6. The molecule has 1 saturated heterocycles. The van der Waals surface area contributed by atoms with Gasteiger partial charge in [-0.2, -0.15) is 8.78 Å². The summed E-state index contributed by atoms with van der Waals surface area (Å²) in [6, 6.07) is 6.13. The number of rotatable bonds is 8. The molecule has 0 bridgehead atoms. The van der Waals surface area contributed by atoms with Crippen LogP contribution < -0.4 is 10.1 Å². The zero-order chi connectivity index (χ0) is 22.4. The lowest BCUT2D eigenvalue weighted by atomic mass is 10.1. The number of piperazine rings is 1. The molecule has 0 atom stereocenters. The van der Waals surface area contributed by atoms with Crippen molar-refractivity contribution < 1.29 is 27.6 Å². The van der Waals surface area contributed by atoms with Gasteiger partial charge in [0.05, 0.1) is 18.7 Å². The van der Waals surface area contributed by atoms with Crippen molar-refractivity contribution in [3.8, 4) is 5.75 Å². The summed E-state index contributed by atoms with van der Waals surface area (Å²) < 4.78 is 33.7. The molecule has 31 heavy (non-hydrogen) atoms. The van der Waals surface area contributed by atoms with Gasteiger partial charge in [0.15, 0.2) is 0 Å². The van der Waals surface area contributed by atoms with E-state index in [2.05, 4.69) is 15.2 Å². The largest absolute Gasteiger partial charge is 0.435 e. The molecule has 2 amide bonds. The molecular formula is C21H26F2N4O4. The summed E-state index contributed by atoms with van der Waals surface area (Å²) in [6.07, 6.45) is 0.267. The number of aromatic nitrogens is 1. The van der Waals surface area contributed by atoms with E-state index >= 15 is 0 Å². The van der Waals surface area contributed by atoms with Crippen molar-refractivity contribution in [3.63, 3.8) is 0 Å². The Labute approximate surface area is 179 Å². The molecule has 1 fully saturated rings. The van der Waals surface area contributed by atoms with Gasteiger partial charge in [0.2, 0.25) is 11.8 Å². The van der Waals surface area contributed by atoms with E-state index in [1.807, 2.05) is 11.8 Å². The van der Waals surface area contributed by atoms with Crippen LogP contribution in [0.25, 0.3) is 0 Å². The Hall–Kier alpha value is -3.01. The fraction of sp³-hybridized carbons (Fsp3) is 0.476. The first kappa shape index (κ1) is 22.7. The maximum absolute atomic E-state index is 12.5. The normalized spacial score (nSPS) is 14.7. The quantitative estimate of drug-likeness (QED) is 0.680. The summed E-state index contributed by atoms with van der Waals surface area (Å²) in [5.41, 5.74) is 2.35. The Morgan fingerprint density at radius 2 is 1.84 bits per heavy atom. The SMILES string of the molecule is Cc1noc(C)c1CC(=O)N1CCN(CC(=O)NCc2ccc(OC(F)F)cc2)CC1. The second-order valence-corrected chi connectivity index (χ2v) is 7.44. The van der Waals surface area contributed by atoms with Gasteiger partial charge in [-0.25, -0.2) is 0 Å². The number of hydrogen-bond donors (Lipinski definition) is 1. The lowest BCUT2D eigenvalue weighted by Crippen LogP contribution is -2.51. The minimum absolute atomic E-state index is 0.0257. The van der Waals surface area contributed by atoms with Crippen molar-refractivity contribution in [2.45, 2.75) is 33.4 Å². The smallest absolute Gasteiger partial charge is 0.387 e. The number of nitrogens with zero attached hydrogens (tertiary/aromatic N) is 3. The zero-order valence-corrected chi connectivity index (χ0v) is 17.6. The van der Waals surface area contributed by atoms with Crippen LogP contribution in [-0.2, 0) is 22.6 Å². The van der Waals surface area contributed by atoms with Crippen molar-refractivity contribution >= 4 is 11.8 Å². The molecule has 2 aromatic rings. The maximum atomic E-state index is 12.5. The highest BCUT2D eigenvalue weighted by molar-refractivity contribution is 5.80. The fourth-order valence-corrected chi connectivity index (χ4v) is 3.42. The number of amides is 2. The number of alkyl halides is 2. The molecule has 0 unspecified atom stereocenters. The highest BCUT2D eigenvalue weighted by atomic mass is 19.3. The molecule has 10 heteroatoms. The van der Waals surface area contributed by atoms with Crippen LogP contribution >= 0.6 is 0 Å². The van der Waals surface area contributed by atoms with E-state index in [9.17, 15) is 18.4 Å². The van der Waals surface area contributed by atoms with Crippen molar-refractivity contribution in [1.82, 2.24) is 20.3 Å². The van der Waals surface area contributed by atoms with Crippen molar-refractivity contribution in [2.75, 3.05) is 32.7 Å². The molecule has 0 saturated carbocycles. The zero-order valence-electron chi connectivity index (χ0n) is 17.6. The molecule has 1 aliphatic rings. The molecule has 168 valence electrons. The predicted octanol–water partition coefficient (Wildman–Crippen LogP) is 1.90. The average molecular weight is 436 g/mol. The van der Waals surface area contributed by atoms with Gasteiger partial charge in [-0.1, -0.05) is 17.3 Å². The molecule has 1 aromatic carbocycles. The molecule has 2 heterocycles. The van der Waals surface area contributed by atoms with E-state index in [0.717, 1.165) is 16.8 Å². The average Bonchev–Trinajstić information content (AvgIpc) is 3.05. The van der Waals surface area contributed by atoms with Gasteiger partial charge in [0, 0.05) is 38.3 Å². The van der Waals surface area contributed by atoms with Crippen molar-refractivity contribution in [2.24, 2.45) is 0 Å². The number of ether oxygens (including phenoxy) is 1. The second kappa shape index (κ2) is 10.3. The lowest BCUT2D eigenvalue weighted by Gasteiger charge is -2.34. The minimum Gasteiger partial charge on any atom is -0.435 e. The number of carbonyl (C=O) groups is 2. The van der Waals surface area contributed by atoms with Gasteiger partial charge in [0.1, 0.15) is 11.5 Å². The van der Waals surface area contributed by atoms with Crippen LogP contribution in [0.2, 0.25) is 0 Å². The fourth-order valence-electron chi connectivity index (χ4n) is 3.42. The van der Waals surface area contributed by atoms with Crippen LogP contribution in [0.4, 0.5) is 8.78 Å². The highest BCUT2D eigenvalue weighted by Gasteiger charge is 2.24. The first-order valence-corrected chi connectivity index (χ1v) is 10.0. The lowest BCUT2D eigenvalue weighted by molar-refractivity contribution is -0.132. The van der Waals surface area contributed by atoms with Crippen LogP contribution in [0, 0.1) is 13.8 Å². The molecule has 1 N–H and O–H groups in total. The maximum Gasteiger partial charge on any atom is 0.387 e. The van der Waals surface area contributed by atoms with E-state index in [1.165, 1.54) is 12.1 Å². The third-order valence-corrected chi connectivity index (χ3v) is 5.24. The van der Waals surface area contributed by atoms with Gasteiger partial charge >= 0.3 is 6.61 Å². The third kappa shape index (κ3) is 6.48. The molecule has 0 aliphatic carbocycles. The number of aryl methyl sites for hydroxylation is 2.